The van der Waals surface area contributed by atoms with E-state index in [1.807, 2.05) is 20.8 Å². The van der Waals surface area contributed by atoms with Gasteiger partial charge in [0.15, 0.2) is 0 Å². The molecule has 0 rings (SSSR count). The summed E-state index contributed by atoms with van der Waals surface area (Å²) in [6.45, 7) is 5.74. The number of carboxylic acid groups (broad SMARTS) is 1. The van der Waals surface area contributed by atoms with E-state index in [2.05, 4.69) is 5.32 Å². The van der Waals surface area contributed by atoms with Gasteiger partial charge in [0, 0.05) is 6.42 Å². The van der Waals surface area contributed by atoms with E-state index in [1.165, 1.54) is 0 Å². The van der Waals surface area contributed by atoms with Crippen LogP contribution in [0.5, 0.6) is 0 Å². The zero-order valence-electron chi connectivity index (χ0n) is 9.04. The first-order chi connectivity index (χ1) is 6.47. The molecule has 0 fully saturated rings. The van der Waals surface area contributed by atoms with Gasteiger partial charge in [0.1, 0.15) is 6.04 Å². The van der Waals surface area contributed by atoms with Crippen molar-refractivity contribution in [2.24, 2.45) is 5.92 Å². The number of nitrogens with one attached hydrogen (secondary N) is 1. The Morgan fingerprint density at radius 3 is 2.29 bits per heavy atom. The average Bonchev–Trinajstić information content (AvgIpc) is 2.01. The fourth-order valence-corrected chi connectivity index (χ4v) is 1.17. The van der Waals surface area contributed by atoms with Crippen molar-refractivity contribution in [2.45, 2.75) is 46.1 Å². The molecule has 2 N–H and O–H groups in total. The molecule has 0 aromatic heterocycles. The molecular weight excluding hydrogens is 182 g/mol. The minimum atomic E-state index is -0.955. The topological polar surface area (TPSA) is 66.4 Å². The van der Waals surface area contributed by atoms with Crippen molar-refractivity contribution in [1.29, 1.82) is 0 Å². The molecule has 0 bridgehead atoms. The van der Waals surface area contributed by atoms with Gasteiger partial charge in [-0.05, 0) is 12.3 Å². The number of amides is 1. The highest BCUT2D eigenvalue weighted by Gasteiger charge is 2.18. The zero-order valence-corrected chi connectivity index (χ0v) is 9.04. The Bertz CT molecular complexity index is 202. The van der Waals surface area contributed by atoms with Gasteiger partial charge in [0.2, 0.25) is 5.91 Å². The summed E-state index contributed by atoms with van der Waals surface area (Å²) < 4.78 is 0. The summed E-state index contributed by atoms with van der Waals surface area (Å²) in [4.78, 5) is 22.0. The molecule has 0 aliphatic carbocycles. The first-order valence-corrected chi connectivity index (χ1v) is 4.99. The third-order valence-electron chi connectivity index (χ3n) is 1.80. The van der Waals surface area contributed by atoms with E-state index in [9.17, 15) is 9.59 Å². The highest BCUT2D eigenvalue weighted by Crippen LogP contribution is 2.02. The maximum Gasteiger partial charge on any atom is 0.326 e. The van der Waals surface area contributed by atoms with E-state index < -0.39 is 12.0 Å². The van der Waals surface area contributed by atoms with Crippen molar-refractivity contribution in [1.82, 2.24) is 5.32 Å². The molecule has 82 valence electrons. The van der Waals surface area contributed by atoms with Gasteiger partial charge in [-0.2, -0.15) is 0 Å². The molecule has 0 saturated heterocycles. The molecule has 0 heterocycles. The number of carbonyl (C=O) groups is 2. The van der Waals surface area contributed by atoms with Gasteiger partial charge >= 0.3 is 5.97 Å². The van der Waals surface area contributed by atoms with Crippen LogP contribution in [0.2, 0.25) is 0 Å². The predicted molar refractivity (Wildman–Crippen MR) is 53.9 cm³/mol. The molecule has 0 spiro atoms. The monoisotopic (exact) mass is 201 g/mol. The maximum absolute atomic E-state index is 11.3. The summed E-state index contributed by atoms with van der Waals surface area (Å²) in [5.41, 5.74) is 0. The molecule has 14 heavy (non-hydrogen) atoms. The molecule has 0 aromatic carbocycles. The molecule has 0 unspecified atom stereocenters. The van der Waals surface area contributed by atoms with Gasteiger partial charge in [-0.3, -0.25) is 4.79 Å². The second kappa shape index (κ2) is 6.40. The minimum absolute atomic E-state index is 0.180. The normalized spacial score (nSPS) is 12.6. The Morgan fingerprint density at radius 2 is 1.93 bits per heavy atom. The van der Waals surface area contributed by atoms with Crippen LogP contribution < -0.4 is 5.32 Å². The van der Waals surface area contributed by atoms with E-state index >= 15 is 0 Å². The molecule has 0 radical (unpaired) electrons. The lowest BCUT2D eigenvalue weighted by Gasteiger charge is -2.14. The standard InChI is InChI=1S/C10H19NO3/c1-4-5-8(10(13)14)11-9(12)6-7(2)3/h7-8H,4-6H2,1-3H3,(H,11,12)(H,13,14)/t8-/m1/s1. The van der Waals surface area contributed by atoms with Crippen LogP contribution in [0.1, 0.15) is 40.0 Å². The molecule has 4 nitrogen and oxygen atoms in total. The first-order valence-electron chi connectivity index (χ1n) is 4.99. The largest absolute Gasteiger partial charge is 0.480 e. The van der Waals surface area contributed by atoms with Crippen molar-refractivity contribution < 1.29 is 14.7 Å². The number of carboxylic acids is 1. The van der Waals surface area contributed by atoms with Crippen molar-refractivity contribution in [3.8, 4) is 0 Å². The lowest BCUT2D eigenvalue weighted by atomic mass is 10.1. The van der Waals surface area contributed by atoms with Crippen LogP contribution in [-0.2, 0) is 9.59 Å². The SMILES string of the molecule is CCC[C@@H](NC(=O)CC(C)C)C(=O)O. The molecule has 1 amide bonds. The van der Waals surface area contributed by atoms with Gasteiger partial charge in [-0.25, -0.2) is 4.79 Å². The van der Waals surface area contributed by atoms with Gasteiger partial charge in [-0.1, -0.05) is 27.2 Å². The third kappa shape index (κ3) is 5.56. The van der Waals surface area contributed by atoms with Crippen LogP contribution in [0.25, 0.3) is 0 Å². The molecule has 0 aromatic rings. The number of carbonyl (C=O) groups excluding carboxylic acids is 1. The zero-order chi connectivity index (χ0) is 11.1. The molecule has 0 aliphatic heterocycles. The summed E-state index contributed by atoms with van der Waals surface area (Å²) in [5.74, 6) is -0.879. The lowest BCUT2D eigenvalue weighted by Crippen LogP contribution is -2.40. The average molecular weight is 201 g/mol. The fraction of sp³-hybridized carbons (Fsp3) is 0.800. The van der Waals surface area contributed by atoms with E-state index in [4.69, 9.17) is 5.11 Å². The number of rotatable bonds is 6. The highest BCUT2D eigenvalue weighted by atomic mass is 16.4. The van der Waals surface area contributed by atoms with Gasteiger partial charge in [0.25, 0.3) is 0 Å². The Balaban J connectivity index is 4.02. The summed E-state index contributed by atoms with van der Waals surface area (Å²) >= 11 is 0. The van der Waals surface area contributed by atoms with Gasteiger partial charge < -0.3 is 10.4 Å². The first kappa shape index (κ1) is 12.9. The predicted octanol–water partition coefficient (Wildman–Crippen LogP) is 1.40. The third-order valence-corrected chi connectivity index (χ3v) is 1.80. The van der Waals surface area contributed by atoms with Crippen LogP contribution in [0.3, 0.4) is 0 Å². The molecule has 0 saturated carbocycles. The smallest absolute Gasteiger partial charge is 0.326 e. The number of hydrogen-bond acceptors (Lipinski definition) is 2. The molecule has 1 atom stereocenters. The molecule has 4 heteroatoms. The second-order valence-electron chi connectivity index (χ2n) is 3.84. The van der Waals surface area contributed by atoms with E-state index in [0.717, 1.165) is 6.42 Å². The second-order valence-corrected chi connectivity index (χ2v) is 3.84. The Kier molecular flexibility index (Phi) is 5.92. The van der Waals surface area contributed by atoms with Crippen LogP contribution >= 0.6 is 0 Å². The quantitative estimate of drug-likeness (QED) is 0.682. The minimum Gasteiger partial charge on any atom is -0.480 e. The summed E-state index contributed by atoms with van der Waals surface area (Å²) in [6, 6.07) is -0.730. The van der Waals surface area contributed by atoms with E-state index in [0.29, 0.717) is 12.8 Å². The van der Waals surface area contributed by atoms with Crippen molar-refractivity contribution in [2.75, 3.05) is 0 Å². The molecular formula is C10H19NO3. The number of aliphatic carboxylic acids is 1. The van der Waals surface area contributed by atoms with E-state index in [1.54, 1.807) is 0 Å². The van der Waals surface area contributed by atoms with Crippen LogP contribution in [0.4, 0.5) is 0 Å². The molecule has 0 aliphatic rings. The van der Waals surface area contributed by atoms with Crippen LogP contribution in [0, 0.1) is 5.92 Å². The van der Waals surface area contributed by atoms with E-state index in [-0.39, 0.29) is 11.8 Å². The van der Waals surface area contributed by atoms with Crippen molar-refractivity contribution >= 4 is 11.9 Å². The van der Waals surface area contributed by atoms with Gasteiger partial charge in [-0.15, -0.1) is 0 Å². The van der Waals surface area contributed by atoms with Crippen LogP contribution in [0.15, 0.2) is 0 Å². The summed E-state index contributed by atoms with van der Waals surface area (Å²) in [7, 11) is 0. The Morgan fingerprint density at radius 1 is 1.36 bits per heavy atom. The van der Waals surface area contributed by atoms with Crippen molar-refractivity contribution in [3.05, 3.63) is 0 Å². The highest BCUT2D eigenvalue weighted by molar-refractivity contribution is 5.83. The lowest BCUT2D eigenvalue weighted by molar-refractivity contribution is -0.142. The Hall–Kier alpha value is -1.06. The van der Waals surface area contributed by atoms with Crippen molar-refractivity contribution in [3.63, 3.8) is 0 Å². The van der Waals surface area contributed by atoms with Crippen LogP contribution in [-0.4, -0.2) is 23.0 Å². The summed E-state index contributed by atoms with van der Waals surface area (Å²) in [5, 5.41) is 11.3. The fourth-order valence-electron chi connectivity index (χ4n) is 1.17. The maximum atomic E-state index is 11.3. The Labute approximate surface area is 84.7 Å². The number of hydrogen-bond donors (Lipinski definition) is 2. The van der Waals surface area contributed by atoms with Gasteiger partial charge in [0.05, 0.1) is 0 Å². The summed E-state index contributed by atoms with van der Waals surface area (Å²) in [6.07, 6.45) is 1.62.